The Bertz CT molecular complexity index is 546. The number of amides is 1. The van der Waals surface area contributed by atoms with Crippen LogP contribution in [0.15, 0.2) is 53.3 Å². The van der Waals surface area contributed by atoms with Crippen molar-refractivity contribution in [3.8, 4) is 0 Å². The molecule has 0 saturated heterocycles. The van der Waals surface area contributed by atoms with Crippen LogP contribution in [0.5, 0.6) is 0 Å². The number of nitrogens with one attached hydrogen (secondary N) is 1. The predicted molar refractivity (Wildman–Crippen MR) is 88.5 cm³/mol. The van der Waals surface area contributed by atoms with Crippen molar-refractivity contribution in [1.29, 1.82) is 0 Å². The molecule has 1 heterocycles. The second-order valence-corrected chi connectivity index (χ2v) is 6.13. The first-order chi connectivity index (χ1) is 10.6. The smallest absolute Gasteiger partial charge is 0.220 e. The maximum atomic E-state index is 12.0. The van der Waals surface area contributed by atoms with Crippen LogP contribution in [0.1, 0.15) is 31.4 Å². The van der Waals surface area contributed by atoms with E-state index in [0.717, 1.165) is 24.9 Å². The quantitative estimate of drug-likeness (QED) is 0.804. The van der Waals surface area contributed by atoms with Gasteiger partial charge in [-0.15, -0.1) is 0 Å². The molecule has 2 rings (SSSR count). The normalized spacial score (nSPS) is 12.3. The molecule has 0 radical (unpaired) electrons. The summed E-state index contributed by atoms with van der Waals surface area (Å²) in [5.74, 6) is 1.11. The van der Waals surface area contributed by atoms with E-state index in [2.05, 4.69) is 43.4 Å². The SMILES string of the molecule is CC(C)[C@@H](CNC(=O)CCc1ccoc1)Cc1ccccc1. The van der Waals surface area contributed by atoms with Crippen LogP contribution < -0.4 is 5.32 Å². The molecule has 1 N–H and O–H groups in total. The molecule has 1 aromatic heterocycles. The predicted octanol–water partition coefficient (Wildman–Crippen LogP) is 3.84. The lowest BCUT2D eigenvalue weighted by Crippen LogP contribution is -2.32. The van der Waals surface area contributed by atoms with Crippen LogP contribution in [0.3, 0.4) is 0 Å². The summed E-state index contributed by atoms with van der Waals surface area (Å²) in [7, 11) is 0. The van der Waals surface area contributed by atoms with Gasteiger partial charge < -0.3 is 9.73 Å². The lowest BCUT2D eigenvalue weighted by molar-refractivity contribution is -0.121. The second-order valence-electron chi connectivity index (χ2n) is 6.13. The third-order valence-corrected chi connectivity index (χ3v) is 4.07. The van der Waals surface area contributed by atoms with E-state index in [4.69, 9.17) is 4.42 Å². The maximum Gasteiger partial charge on any atom is 0.220 e. The highest BCUT2D eigenvalue weighted by molar-refractivity contribution is 5.76. The van der Waals surface area contributed by atoms with Crippen LogP contribution in [0.25, 0.3) is 0 Å². The van der Waals surface area contributed by atoms with Gasteiger partial charge in [-0.1, -0.05) is 44.2 Å². The van der Waals surface area contributed by atoms with E-state index >= 15 is 0 Å². The molecule has 1 aromatic carbocycles. The van der Waals surface area contributed by atoms with Crippen molar-refractivity contribution in [3.63, 3.8) is 0 Å². The number of benzene rings is 1. The Labute approximate surface area is 132 Å². The summed E-state index contributed by atoms with van der Waals surface area (Å²) in [4.78, 5) is 12.0. The molecule has 22 heavy (non-hydrogen) atoms. The fourth-order valence-corrected chi connectivity index (χ4v) is 2.49. The first-order valence-corrected chi connectivity index (χ1v) is 7.97. The Morgan fingerprint density at radius 1 is 1.14 bits per heavy atom. The van der Waals surface area contributed by atoms with Gasteiger partial charge in [0.1, 0.15) is 0 Å². The average Bonchev–Trinajstić information content (AvgIpc) is 3.03. The third kappa shape index (κ3) is 5.40. The van der Waals surface area contributed by atoms with Crippen LogP contribution in [0.4, 0.5) is 0 Å². The van der Waals surface area contributed by atoms with Gasteiger partial charge >= 0.3 is 0 Å². The van der Waals surface area contributed by atoms with Gasteiger partial charge in [0, 0.05) is 13.0 Å². The molecule has 0 saturated carbocycles. The molecule has 1 amide bonds. The molecule has 0 fully saturated rings. The summed E-state index contributed by atoms with van der Waals surface area (Å²) in [5.41, 5.74) is 2.40. The molecule has 0 aliphatic carbocycles. The fourth-order valence-electron chi connectivity index (χ4n) is 2.49. The number of furan rings is 1. The highest BCUT2D eigenvalue weighted by Crippen LogP contribution is 2.16. The number of hydrogen-bond donors (Lipinski definition) is 1. The van der Waals surface area contributed by atoms with Gasteiger partial charge in [-0.3, -0.25) is 4.79 Å². The lowest BCUT2D eigenvalue weighted by Gasteiger charge is -2.21. The highest BCUT2D eigenvalue weighted by atomic mass is 16.3. The van der Waals surface area contributed by atoms with Crippen LogP contribution in [0, 0.1) is 11.8 Å². The average molecular weight is 299 g/mol. The van der Waals surface area contributed by atoms with E-state index in [1.165, 1.54) is 5.56 Å². The van der Waals surface area contributed by atoms with Crippen LogP contribution in [0.2, 0.25) is 0 Å². The molecule has 2 aromatic rings. The van der Waals surface area contributed by atoms with Crippen LogP contribution in [-0.4, -0.2) is 12.5 Å². The molecule has 0 bridgehead atoms. The van der Waals surface area contributed by atoms with Gasteiger partial charge in [-0.05, 0) is 41.9 Å². The largest absolute Gasteiger partial charge is 0.472 e. The van der Waals surface area contributed by atoms with E-state index in [1.807, 2.05) is 12.1 Å². The number of carbonyl (C=O) groups excluding carboxylic acids is 1. The monoisotopic (exact) mass is 299 g/mol. The minimum Gasteiger partial charge on any atom is -0.472 e. The summed E-state index contributed by atoms with van der Waals surface area (Å²) in [5, 5.41) is 3.08. The minimum atomic E-state index is 0.111. The molecule has 0 unspecified atom stereocenters. The van der Waals surface area contributed by atoms with Gasteiger partial charge in [0.2, 0.25) is 5.91 Å². The van der Waals surface area contributed by atoms with Crippen molar-refractivity contribution in [2.45, 2.75) is 33.1 Å². The minimum absolute atomic E-state index is 0.111. The molecule has 3 heteroatoms. The Morgan fingerprint density at radius 2 is 1.91 bits per heavy atom. The van der Waals surface area contributed by atoms with E-state index < -0.39 is 0 Å². The van der Waals surface area contributed by atoms with E-state index in [9.17, 15) is 4.79 Å². The topological polar surface area (TPSA) is 42.2 Å². The zero-order valence-corrected chi connectivity index (χ0v) is 13.4. The molecule has 3 nitrogen and oxygen atoms in total. The fraction of sp³-hybridized carbons (Fsp3) is 0.421. The zero-order valence-electron chi connectivity index (χ0n) is 13.4. The van der Waals surface area contributed by atoms with E-state index in [0.29, 0.717) is 18.3 Å². The van der Waals surface area contributed by atoms with E-state index in [-0.39, 0.29) is 5.91 Å². The summed E-state index contributed by atoms with van der Waals surface area (Å²) in [6, 6.07) is 12.4. The van der Waals surface area contributed by atoms with Gasteiger partial charge in [-0.2, -0.15) is 0 Å². The van der Waals surface area contributed by atoms with E-state index in [1.54, 1.807) is 12.5 Å². The van der Waals surface area contributed by atoms with Gasteiger partial charge in [-0.25, -0.2) is 0 Å². The first-order valence-electron chi connectivity index (χ1n) is 7.97. The molecular formula is C19H25NO2. The third-order valence-electron chi connectivity index (χ3n) is 4.07. The summed E-state index contributed by atoms with van der Waals surface area (Å²) in [6.45, 7) is 5.16. The summed E-state index contributed by atoms with van der Waals surface area (Å²) < 4.78 is 5.01. The lowest BCUT2D eigenvalue weighted by atomic mass is 9.89. The molecule has 0 spiro atoms. The Balaban J connectivity index is 1.77. The van der Waals surface area contributed by atoms with Crippen molar-refractivity contribution >= 4 is 5.91 Å². The molecule has 0 aliphatic rings. The second kappa shape index (κ2) is 8.42. The molecule has 118 valence electrons. The summed E-state index contributed by atoms with van der Waals surface area (Å²) in [6.07, 6.45) is 5.57. The van der Waals surface area contributed by atoms with Crippen molar-refractivity contribution in [3.05, 3.63) is 60.1 Å². The Kier molecular flexibility index (Phi) is 6.26. The highest BCUT2D eigenvalue weighted by Gasteiger charge is 2.15. The van der Waals surface area contributed by atoms with Crippen molar-refractivity contribution in [2.75, 3.05) is 6.54 Å². The Hall–Kier alpha value is -2.03. The van der Waals surface area contributed by atoms with Crippen molar-refractivity contribution in [2.24, 2.45) is 11.8 Å². The zero-order chi connectivity index (χ0) is 15.8. The van der Waals surface area contributed by atoms with Crippen LogP contribution >= 0.6 is 0 Å². The Morgan fingerprint density at radius 3 is 2.55 bits per heavy atom. The van der Waals surface area contributed by atoms with Gasteiger partial charge in [0.15, 0.2) is 0 Å². The van der Waals surface area contributed by atoms with Gasteiger partial charge in [0.25, 0.3) is 0 Å². The number of aryl methyl sites for hydroxylation is 1. The standard InChI is InChI=1S/C19H25NO2/c1-15(2)18(12-16-6-4-3-5-7-16)13-20-19(21)9-8-17-10-11-22-14-17/h3-7,10-11,14-15,18H,8-9,12-13H2,1-2H3,(H,20,21)/t18-/m1/s1. The van der Waals surface area contributed by atoms with Crippen LogP contribution in [-0.2, 0) is 17.6 Å². The molecule has 1 atom stereocenters. The maximum absolute atomic E-state index is 12.0. The number of rotatable bonds is 8. The first kappa shape index (κ1) is 16.3. The summed E-state index contributed by atoms with van der Waals surface area (Å²) >= 11 is 0. The van der Waals surface area contributed by atoms with Gasteiger partial charge in [0.05, 0.1) is 12.5 Å². The molecular weight excluding hydrogens is 274 g/mol. The van der Waals surface area contributed by atoms with Crippen molar-refractivity contribution < 1.29 is 9.21 Å². The van der Waals surface area contributed by atoms with Crippen molar-refractivity contribution in [1.82, 2.24) is 5.32 Å². The molecule has 0 aliphatic heterocycles. The number of hydrogen-bond acceptors (Lipinski definition) is 2. The number of carbonyl (C=O) groups is 1.